The molecule has 29 heavy (non-hydrogen) atoms. The lowest BCUT2D eigenvalue weighted by molar-refractivity contribution is -0.132. The van der Waals surface area contributed by atoms with Crippen LogP contribution in [0.1, 0.15) is 22.0 Å². The average molecular weight is 474 g/mol. The van der Waals surface area contributed by atoms with Crippen LogP contribution in [0.3, 0.4) is 0 Å². The van der Waals surface area contributed by atoms with Gasteiger partial charge in [0.15, 0.2) is 0 Å². The molecular formula is C20H14BrClN4O3. The summed E-state index contributed by atoms with van der Waals surface area (Å²) in [7, 11) is 0. The molecular weight excluding hydrogens is 460 g/mol. The molecule has 0 bridgehead atoms. The maximum absolute atomic E-state index is 12.8. The fraction of sp³-hybridized carbons (Fsp3) is 0.0500. The van der Waals surface area contributed by atoms with Gasteiger partial charge < -0.3 is 15.7 Å². The second-order valence-corrected chi connectivity index (χ2v) is 7.62. The molecule has 0 radical (unpaired) electrons. The highest BCUT2D eigenvalue weighted by Crippen LogP contribution is 2.33. The van der Waals surface area contributed by atoms with Crippen molar-refractivity contribution in [2.24, 2.45) is 0 Å². The quantitative estimate of drug-likeness (QED) is 0.517. The highest BCUT2D eigenvalue weighted by atomic mass is 79.9. The van der Waals surface area contributed by atoms with Crippen LogP contribution in [0.5, 0.6) is 0 Å². The third kappa shape index (κ3) is 3.76. The van der Waals surface area contributed by atoms with Crippen molar-refractivity contribution in [3.05, 3.63) is 87.1 Å². The molecule has 0 saturated carbocycles. The number of amides is 1. The number of hydrogen-bond donors (Lipinski definition) is 3. The number of anilines is 2. The number of benzene rings is 2. The number of aromatic nitrogens is 2. The summed E-state index contributed by atoms with van der Waals surface area (Å²) in [4.78, 5) is 24.5. The number of nitrogens with zero attached hydrogens (tertiary/aromatic N) is 2. The van der Waals surface area contributed by atoms with Gasteiger partial charge in [0.2, 0.25) is 0 Å². The van der Waals surface area contributed by atoms with E-state index in [1.54, 1.807) is 35.0 Å². The summed E-state index contributed by atoms with van der Waals surface area (Å²) in [6.07, 6.45) is 2.96. The summed E-state index contributed by atoms with van der Waals surface area (Å²) in [6.45, 7) is 0. The lowest BCUT2D eigenvalue weighted by Gasteiger charge is -2.24. The fourth-order valence-electron chi connectivity index (χ4n) is 3.04. The molecule has 9 heteroatoms. The van der Waals surface area contributed by atoms with Gasteiger partial charge in [-0.15, -0.1) is 0 Å². The fourth-order valence-corrected chi connectivity index (χ4v) is 3.48. The molecule has 1 aliphatic rings. The second-order valence-electron chi connectivity index (χ2n) is 6.29. The molecule has 0 spiro atoms. The number of fused-ring (bicyclic) bond motifs is 1. The van der Waals surface area contributed by atoms with Crippen LogP contribution in [-0.4, -0.2) is 26.8 Å². The maximum atomic E-state index is 12.8. The average Bonchev–Trinajstić information content (AvgIpc) is 3.14. The maximum Gasteiger partial charge on any atom is 0.352 e. The minimum Gasteiger partial charge on any atom is -0.477 e. The van der Waals surface area contributed by atoms with Crippen LogP contribution < -0.4 is 10.6 Å². The van der Waals surface area contributed by atoms with Gasteiger partial charge in [0.05, 0.1) is 22.9 Å². The molecule has 1 aliphatic heterocycles. The number of nitrogens with one attached hydrogen (secondary N) is 2. The van der Waals surface area contributed by atoms with E-state index in [9.17, 15) is 14.7 Å². The Kier molecular flexibility index (Phi) is 5.12. The number of aliphatic carboxylic acids is 1. The molecule has 0 fully saturated rings. The van der Waals surface area contributed by atoms with E-state index in [0.29, 0.717) is 16.5 Å². The van der Waals surface area contributed by atoms with Crippen molar-refractivity contribution < 1.29 is 14.7 Å². The molecule has 4 rings (SSSR count). The first kappa shape index (κ1) is 19.2. The Labute approximate surface area is 179 Å². The summed E-state index contributed by atoms with van der Waals surface area (Å²) in [5, 5.41) is 19.8. The van der Waals surface area contributed by atoms with Crippen LogP contribution >= 0.6 is 27.5 Å². The van der Waals surface area contributed by atoms with E-state index in [2.05, 4.69) is 31.7 Å². The molecule has 3 aromatic rings. The summed E-state index contributed by atoms with van der Waals surface area (Å²) in [6, 6.07) is 13.8. The van der Waals surface area contributed by atoms with Crippen LogP contribution in [0.2, 0.25) is 5.02 Å². The monoisotopic (exact) mass is 472 g/mol. The first-order valence-electron chi connectivity index (χ1n) is 8.55. The van der Waals surface area contributed by atoms with E-state index in [1.807, 2.05) is 24.3 Å². The third-order valence-electron chi connectivity index (χ3n) is 4.45. The Hall–Kier alpha value is -3.10. The summed E-state index contributed by atoms with van der Waals surface area (Å²) < 4.78 is 2.48. The molecule has 0 saturated heterocycles. The van der Waals surface area contributed by atoms with Gasteiger partial charge in [0, 0.05) is 4.47 Å². The number of carbonyl (C=O) groups is 2. The number of hydrogen-bond acceptors (Lipinski definition) is 4. The van der Waals surface area contributed by atoms with Crippen molar-refractivity contribution in [2.75, 3.05) is 10.6 Å². The highest BCUT2D eigenvalue weighted by Gasteiger charge is 2.29. The van der Waals surface area contributed by atoms with Gasteiger partial charge in [-0.25, -0.2) is 9.48 Å². The van der Waals surface area contributed by atoms with Crippen molar-refractivity contribution in [1.82, 2.24) is 9.78 Å². The zero-order chi connectivity index (χ0) is 20.5. The van der Waals surface area contributed by atoms with Gasteiger partial charge in [0.1, 0.15) is 17.1 Å². The standard InChI is InChI=1S/C20H14BrClN4O3/c21-12-7-5-11(6-8-12)17-9-16(20(28)29)24-18-13(10-23-26(17)18)19(27)25-15-4-2-1-3-14(15)22/h1-10,17,24H,(H,25,27)(H,28,29). The SMILES string of the molecule is O=C(O)C1=CC(c2ccc(Br)cc2)n2ncc(C(=O)Nc3ccccc3Cl)c2N1. The lowest BCUT2D eigenvalue weighted by atomic mass is 10.0. The van der Waals surface area contributed by atoms with E-state index >= 15 is 0 Å². The number of rotatable bonds is 4. The molecule has 146 valence electrons. The first-order valence-corrected chi connectivity index (χ1v) is 9.72. The number of para-hydroxylation sites is 1. The predicted octanol–water partition coefficient (Wildman–Crippen LogP) is 4.53. The molecule has 1 atom stereocenters. The van der Waals surface area contributed by atoms with Crippen LogP contribution in [0.4, 0.5) is 11.5 Å². The van der Waals surface area contributed by atoms with Crippen molar-refractivity contribution in [1.29, 1.82) is 0 Å². The van der Waals surface area contributed by atoms with Crippen molar-refractivity contribution >= 4 is 50.9 Å². The lowest BCUT2D eigenvalue weighted by Crippen LogP contribution is -2.25. The third-order valence-corrected chi connectivity index (χ3v) is 5.30. The van der Waals surface area contributed by atoms with Crippen molar-refractivity contribution in [2.45, 2.75) is 6.04 Å². The number of carbonyl (C=O) groups excluding carboxylic acids is 1. The normalized spacial score (nSPS) is 15.1. The smallest absolute Gasteiger partial charge is 0.352 e. The van der Waals surface area contributed by atoms with E-state index in [4.69, 9.17) is 11.6 Å². The van der Waals surface area contributed by atoms with Crippen molar-refractivity contribution in [3.8, 4) is 0 Å². The molecule has 1 unspecified atom stereocenters. The Morgan fingerprint density at radius 2 is 1.90 bits per heavy atom. The van der Waals surface area contributed by atoms with E-state index in [1.165, 1.54) is 6.20 Å². The van der Waals surface area contributed by atoms with Crippen LogP contribution in [0.15, 0.2) is 71.0 Å². The van der Waals surface area contributed by atoms with E-state index < -0.39 is 17.9 Å². The molecule has 7 nitrogen and oxygen atoms in total. The number of carboxylic acids is 1. The first-order chi connectivity index (χ1) is 13.9. The minimum absolute atomic E-state index is 0.0299. The predicted molar refractivity (Wildman–Crippen MR) is 113 cm³/mol. The summed E-state index contributed by atoms with van der Waals surface area (Å²) >= 11 is 9.50. The molecule has 2 heterocycles. The summed E-state index contributed by atoms with van der Waals surface area (Å²) in [5.74, 6) is -1.28. The van der Waals surface area contributed by atoms with Gasteiger partial charge in [-0.3, -0.25) is 4.79 Å². The minimum atomic E-state index is -1.13. The van der Waals surface area contributed by atoms with Crippen LogP contribution in [0, 0.1) is 0 Å². The Morgan fingerprint density at radius 3 is 2.59 bits per heavy atom. The zero-order valence-electron chi connectivity index (χ0n) is 14.8. The van der Waals surface area contributed by atoms with Crippen LogP contribution in [-0.2, 0) is 4.79 Å². The van der Waals surface area contributed by atoms with Gasteiger partial charge in [-0.2, -0.15) is 5.10 Å². The van der Waals surface area contributed by atoms with Gasteiger partial charge in [0.25, 0.3) is 5.91 Å². The van der Waals surface area contributed by atoms with E-state index in [0.717, 1.165) is 10.0 Å². The molecule has 1 aromatic heterocycles. The van der Waals surface area contributed by atoms with Crippen LogP contribution in [0.25, 0.3) is 0 Å². The largest absolute Gasteiger partial charge is 0.477 e. The molecule has 2 aromatic carbocycles. The van der Waals surface area contributed by atoms with Gasteiger partial charge in [-0.05, 0) is 35.9 Å². The number of halogens is 2. The molecule has 0 aliphatic carbocycles. The number of carboxylic acid groups (broad SMARTS) is 1. The Balaban J connectivity index is 1.73. The van der Waals surface area contributed by atoms with E-state index in [-0.39, 0.29) is 11.3 Å². The molecule has 1 amide bonds. The second kappa shape index (κ2) is 7.73. The summed E-state index contributed by atoms with van der Waals surface area (Å²) in [5.41, 5.74) is 1.46. The highest BCUT2D eigenvalue weighted by molar-refractivity contribution is 9.10. The topological polar surface area (TPSA) is 96.2 Å². The van der Waals surface area contributed by atoms with Crippen molar-refractivity contribution in [3.63, 3.8) is 0 Å². The number of allylic oxidation sites excluding steroid dienone is 1. The zero-order valence-corrected chi connectivity index (χ0v) is 17.1. The van der Waals surface area contributed by atoms with Gasteiger partial charge >= 0.3 is 5.97 Å². The Morgan fingerprint density at radius 1 is 1.17 bits per heavy atom. The Bertz CT molecular complexity index is 1140. The molecule has 3 N–H and O–H groups in total. The van der Waals surface area contributed by atoms with Gasteiger partial charge in [-0.1, -0.05) is 51.8 Å².